The summed E-state index contributed by atoms with van der Waals surface area (Å²) < 4.78 is 0. The lowest BCUT2D eigenvalue weighted by Crippen LogP contribution is -2.04. The van der Waals surface area contributed by atoms with Crippen LogP contribution in [0.4, 0.5) is 0 Å². The number of nitrogens with one attached hydrogen (secondary N) is 1. The quantitative estimate of drug-likeness (QED) is 0.760. The molecule has 1 rings (SSSR count). The minimum absolute atomic E-state index is 0.169. The maximum absolute atomic E-state index is 11.5. The fourth-order valence-electron chi connectivity index (χ4n) is 1.21. The van der Waals surface area contributed by atoms with Crippen molar-refractivity contribution in [3.63, 3.8) is 0 Å². The first-order valence-electron chi connectivity index (χ1n) is 4.83. The van der Waals surface area contributed by atoms with Gasteiger partial charge in [0.15, 0.2) is 10.8 Å². The summed E-state index contributed by atoms with van der Waals surface area (Å²) in [5.74, 6) is 0.169. The second kappa shape index (κ2) is 5.22. The Labute approximate surface area is 88.6 Å². The van der Waals surface area contributed by atoms with E-state index in [4.69, 9.17) is 0 Å². The van der Waals surface area contributed by atoms with Crippen LogP contribution in [0.5, 0.6) is 0 Å². The molecule has 0 aromatic carbocycles. The van der Waals surface area contributed by atoms with E-state index >= 15 is 0 Å². The third kappa shape index (κ3) is 2.62. The normalized spacial score (nSPS) is 10.5. The summed E-state index contributed by atoms with van der Waals surface area (Å²) in [7, 11) is 1.90. The molecule has 0 fully saturated rings. The van der Waals surface area contributed by atoms with Gasteiger partial charge in [-0.25, -0.2) is 4.98 Å². The van der Waals surface area contributed by atoms with Gasteiger partial charge in [-0.15, -0.1) is 11.3 Å². The summed E-state index contributed by atoms with van der Waals surface area (Å²) in [5, 5.41) is 3.73. The first-order valence-corrected chi connectivity index (χ1v) is 5.64. The number of rotatable bonds is 5. The van der Waals surface area contributed by atoms with Crippen molar-refractivity contribution < 1.29 is 4.79 Å². The SMILES string of the molecule is CCCC(=O)c1nc(C)c(CNC)s1. The highest BCUT2D eigenvalue weighted by atomic mass is 32.1. The van der Waals surface area contributed by atoms with Gasteiger partial charge in [-0.2, -0.15) is 0 Å². The molecule has 0 aliphatic rings. The lowest BCUT2D eigenvalue weighted by atomic mass is 10.2. The van der Waals surface area contributed by atoms with Crippen LogP contribution in [0.15, 0.2) is 0 Å². The molecule has 0 amide bonds. The first kappa shape index (κ1) is 11.3. The van der Waals surface area contributed by atoms with Crippen molar-refractivity contribution in [3.8, 4) is 0 Å². The van der Waals surface area contributed by atoms with Gasteiger partial charge in [0.25, 0.3) is 0 Å². The molecule has 78 valence electrons. The van der Waals surface area contributed by atoms with Gasteiger partial charge in [0.2, 0.25) is 0 Å². The van der Waals surface area contributed by atoms with Crippen molar-refractivity contribution in [2.24, 2.45) is 0 Å². The van der Waals surface area contributed by atoms with Crippen LogP contribution >= 0.6 is 11.3 Å². The van der Waals surface area contributed by atoms with E-state index in [1.165, 1.54) is 11.3 Å². The van der Waals surface area contributed by atoms with Crippen LogP contribution in [0.1, 0.15) is 40.1 Å². The molecular weight excluding hydrogens is 196 g/mol. The Morgan fingerprint density at radius 3 is 2.86 bits per heavy atom. The van der Waals surface area contributed by atoms with Crippen LogP contribution in [0, 0.1) is 6.92 Å². The Morgan fingerprint density at radius 1 is 1.57 bits per heavy atom. The van der Waals surface area contributed by atoms with Gasteiger partial charge < -0.3 is 5.32 Å². The van der Waals surface area contributed by atoms with Gasteiger partial charge in [-0.1, -0.05) is 6.92 Å². The average molecular weight is 212 g/mol. The molecule has 3 nitrogen and oxygen atoms in total. The van der Waals surface area contributed by atoms with Gasteiger partial charge in [0.1, 0.15) is 0 Å². The molecule has 0 radical (unpaired) electrons. The van der Waals surface area contributed by atoms with Crippen molar-refractivity contribution in [1.29, 1.82) is 0 Å². The topological polar surface area (TPSA) is 42.0 Å². The van der Waals surface area contributed by atoms with Crippen LogP contribution in [0.3, 0.4) is 0 Å². The zero-order chi connectivity index (χ0) is 10.6. The molecule has 4 heteroatoms. The Balaban J connectivity index is 2.79. The lowest BCUT2D eigenvalue weighted by Gasteiger charge is -1.93. The van der Waals surface area contributed by atoms with E-state index in [9.17, 15) is 4.79 Å². The summed E-state index contributed by atoms with van der Waals surface area (Å²) in [4.78, 5) is 17.0. The summed E-state index contributed by atoms with van der Waals surface area (Å²) in [5.41, 5.74) is 0.976. The second-order valence-corrected chi connectivity index (χ2v) is 4.31. The number of hydrogen-bond donors (Lipinski definition) is 1. The molecule has 1 heterocycles. The summed E-state index contributed by atoms with van der Waals surface area (Å²) in [6.45, 7) is 4.75. The number of Topliss-reactive ketones (excluding diaryl/α,β-unsaturated/α-hetero) is 1. The number of ketones is 1. The van der Waals surface area contributed by atoms with Gasteiger partial charge in [-0.3, -0.25) is 4.79 Å². The Morgan fingerprint density at radius 2 is 2.29 bits per heavy atom. The van der Waals surface area contributed by atoms with Crippen molar-refractivity contribution in [1.82, 2.24) is 10.3 Å². The highest BCUT2D eigenvalue weighted by Crippen LogP contribution is 2.19. The molecule has 0 unspecified atom stereocenters. The number of nitrogens with zero attached hydrogens (tertiary/aromatic N) is 1. The van der Waals surface area contributed by atoms with E-state index in [1.54, 1.807) is 0 Å². The lowest BCUT2D eigenvalue weighted by molar-refractivity contribution is 0.0981. The van der Waals surface area contributed by atoms with E-state index in [0.717, 1.165) is 23.5 Å². The third-order valence-corrected chi connectivity index (χ3v) is 3.14. The zero-order valence-corrected chi connectivity index (χ0v) is 9.70. The summed E-state index contributed by atoms with van der Waals surface area (Å²) in [6.07, 6.45) is 1.49. The second-order valence-electron chi connectivity index (χ2n) is 3.23. The minimum Gasteiger partial charge on any atom is -0.315 e. The number of aromatic nitrogens is 1. The average Bonchev–Trinajstić information content (AvgIpc) is 2.49. The number of aryl methyl sites for hydroxylation is 1. The maximum Gasteiger partial charge on any atom is 0.191 e. The highest BCUT2D eigenvalue weighted by molar-refractivity contribution is 7.13. The molecule has 0 atom stereocenters. The summed E-state index contributed by atoms with van der Waals surface area (Å²) >= 11 is 1.51. The predicted octanol–water partition coefficient (Wildman–Crippen LogP) is 2.15. The van der Waals surface area contributed by atoms with Crippen LogP contribution in [-0.4, -0.2) is 17.8 Å². The molecule has 1 aromatic rings. The van der Waals surface area contributed by atoms with Gasteiger partial charge >= 0.3 is 0 Å². The third-order valence-electron chi connectivity index (χ3n) is 1.95. The largest absolute Gasteiger partial charge is 0.315 e. The van der Waals surface area contributed by atoms with Crippen LogP contribution in [0.25, 0.3) is 0 Å². The number of carbonyl (C=O) groups is 1. The molecule has 0 spiro atoms. The number of thiazole rings is 1. The van der Waals surface area contributed by atoms with E-state index in [-0.39, 0.29) is 5.78 Å². The standard InChI is InChI=1S/C10H16N2OS/c1-4-5-8(13)10-12-7(2)9(14-10)6-11-3/h11H,4-6H2,1-3H3. The fraction of sp³-hybridized carbons (Fsp3) is 0.600. The monoisotopic (exact) mass is 212 g/mol. The smallest absolute Gasteiger partial charge is 0.191 e. The Bertz CT molecular complexity index is 320. The molecule has 1 aromatic heterocycles. The number of carbonyl (C=O) groups excluding carboxylic acids is 1. The van der Waals surface area contributed by atoms with Gasteiger partial charge in [0, 0.05) is 17.8 Å². The zero-order valence-electron chi connectivity index (χ0n) is 8.89. The maximum atomic E-state index is 11.5. The van der Waals surface area contributed by atoms with E-state index in [1.807, 2.05) is 20.9 Å². The molecule has 0 bridgehead atoms. The van der Waals surface area contributed by atoms with Gasteiger partial charge in [-0.05, 0) is 20.4 Å². The molecule has 0 saturated carbocycles. The predicted molar refractivity (Wildman–Crippen MR) is 58.9 cm³/mol. The van der Waals surface area contributed by atoms with Crippen molar-refractivity contribution >= 4 is 17.1 Å². The summed E-state index contributed by atoms with van der Waals surface area (Å²) in [6, 6.07) is 0. The first-order chi connectivity index (χ1) is 6.69. The van der Waals surface area contributed by atoms with E-state index in [0.29, 0.717) is 11.4 Å². The van der Waals surface area contributed by atoms with Crippen LogP contribution in [0.2, 0.25) is 0 Å². The van der Waals surface area contributed by atoms with Gasteiger partial charge in [0.05, 0.1) is 5.69 Å². The van der Waals surface area contributed by atoms with Crippen molar-refractivity contribution in [2.75, 3.05) is 7.05 Å². The fourth-order valence-corrected chi connectivity index (χ4v) is 2.25. The van der Waals surface area contributed by atoms with Crippen LogP contribution in [-0.2, 0) is 6.54 Å². The Hall–Kier alpha value is -0.740. The minimum atomic E-state index is 0.169. The molecular formula is C10H16N2OS. The van der Waals surface area contributed by atoms with Crippen molar-refractivity contribution in [2.45, 2.75) is 33.2 Å². The molecule has 0 aliphatic carbocycles. The number of hydrogen-bond acceptors (Lipinski definition) is 4. The molecule has 14 heavy (non-hydrogen) atoms. The van der Waals surface area contributed by atoms with Crippen molar-refractivity contribution in [3.05, 3.63) is 15.6 Å². The van der Waals surface area contributed by atoms with E-state index in [2.05, 4.69) is 10.3 Å². The van der Waals surface area contributed by atoms with E-state index < -0.39 is 0 Å². The molecule has 0 aliphatic heterocycles. The molecule has 0 saturated heterocycles. The Kier molecular flexibility index (Phi) is 4.22. The molecule has 1 N–H and O–H groups in total. The highest BCUT2D eigenvalue weighted by Gasteiger charge is 2.12. The van der Waals surface area contributed by atoms with Crippen LogP contribution < -0.4 is 5.32 Å².